The molecule has 0 aromatic heterocycles. The predicted molar refractivity (Wildman–Crippen MR) is 65.8 cm³/mol. The van der Waals surface area contributed by atoms with E-state index in [2.05, 4.69) is 5.28 Å². The number of nitrogens with zero attached hydrogens (tertiary/aromatic N) is 3. The average Bonchev–Trinajstić information content (AvgIpc) is 2.25. The van der Waals surface area contributed by atoms with E-state index in [0.29, 0.717) is 11.5 Å². The summed E-state index contributed by atoms with van der Waals surface area (Å²) in [7, 11) is 0. The van der Waals surface area contributed by atoms with Crippen LogP contribution in [0.3, 0.4) is 0 Å². The molecule has 5 nitrogen and oxygen atoms in total. The fourth-order valence-electron chi connectivity index (χ4n) is 0.952. The summed E-state index contributed by atoms with van der Waals surface area (Å²) >= 11 is 0. The van der Waals surface area contributed by atoms with Crippen LogP contribution in [0.15, 0.2) is 5.28 Å². The minimum Gasteiger partial charge on any atom is -0.569 e. The van der Waals surface area contributed by atoms with Crippen LogP contribution in [-0.4, -0.2) is 28.7 Å². The van der Waals surface area contributed by atoms with Crippen molar-refractivity contribution in [3.63, 3.8) is 0 Å². The molecule has 0 heterocycles. The van der Waals surface area contributed by atoms with E-state index in [1.165, 1.54) is 0 Å². The van der Waals surface area contributed by atoms with Crippen LogP contribution in [0.1, 0.15) is 54.9 Å². The second-order valence-electron chi connectivity index (χ2n) is 3.75. The Hall–Kier alpha value is -1.00. The third-order valence-corrected chi connectivity index (χ3v) is 1.60. The van der Waals surface area contributed by atoms with Crippen LogP contribution in [0.5, 0.6) is 0 Å². The van der Waals surface area contributed by atoms with E-state index in [4.69, 9.17) is 4.84 Å². The van der Waals surface area contributed by atoms with Gasteiger partial charge >= 0.3 is 0 Å². The number of hydrogen-bond acceptors (Lipinski definition) is 3. The molecule has 0 saturated heterocycles. The summed E-state index contributed by atoms with van der Waals surface area (Å²) in [5.74, 6) is 0. The molecule has 0 aromatic carbocycles. The molecule has 0 fully saturated rings. The highest BCUT2D eigenvalue weighted by molar-refractivity contribution is 4.49. The fourth-order valence-corrected chi connectivity index (χ4v) is 0.952. The molecule has 0 aliphatic heterocycles. The zero-order valence-corrected chi connectivity index (χ0v) is 11.7. The lowest BCUT2D eigenvalue weighted by Crippen LogP contribution is -2.37. The Kier molecular flexibility index (Phi) is 11.4. The van der Waals surface area contributed by atoms with E-state index in [9.17, 15) is 5.21 Å². The summed E-state index contributed by atoms with van der Waals surface area (Å²) in [5.41, 5.74) is 0. The van der Waals surface area contributed by atoms with E-state index >= 15 is 0 Å². The summed E-state index contributed by atoms with van der Waals surface area (Å²) in [6, 6.07) is 0.131. The van der Waals surface area contributed by atoms with Crippen LogP contribution in [-0.2, 0) is 4.84 Å². The zero-order chi connectivity index (χ0) is 13.1. The van der Waals surface area contributed by atoms with E-state index < -0.39 is 0 Å². The molecule has 0 amide bonds. The monoisotopic (exact) mass is 233 g/mol. The third kappa shape index (κ3) is 8.32. The molecule has 0 bridgehead atoms. The molecule has 0 aliphatic rings. The maximum absolute atomic E-state index is 11.4. The topological polar surface area (TPSA) is 50.9 Å². The van der Waals surface area contributed by atoms with E-state index in [1.54, 1.807) is 5.01 Å². The molecule has 0 aliphatic carbocycles. The Morgan fingerprint density at radius 1 is 1.25 bits per heavy atom. The van der Waals surface area contributed by atoms with Gasteiger partial charge in [0.05, 0.1) is 17.6 Å². The molecule has 0 spiro atoms. The lowest BCUT2D eigenvalue weighted by atomic mass is 10.3. The molecule has 16 heavy (non-hydrogen) atoms. The minimum absolute atomic E-state index is 0.0675. The largest absolute Gasteiger partial charge is 0.569 e. The van der Waals surface area contributed by atoms with Crippen molar-refractivity contribution in [2.75, 3.05) is 6.54 Å². The van der Waals surface area contributed by atoms with Gasteiger partial charge in [-0.1, -0.05) is 20.8 Å². The Balaban J connectivity index is 0. The van der Waals surface area contributed by atoms with Crippen LogP contribution in [0.4, 0.5) is 0 Å². The van der Waals surface area contributed by atoms with Gasteiger partial charge in [-0.05, 0) is 34.1 Å². The van der Waals surface area contributed by atoms with Crippen LogP contribution in [0.25, 0.3) is 0 Å². The molecule has 5 heteroatoms. The average molecular weight is 233 g/mol. The standard InChI is InChI=1S/C9H21N3O2.C2H6/c1-6-7-11(8(2)3)12(13)10-14-9(4)5;1-2/h8-9H,6-7H2,1-5H3;1-2H3. The highest BCUT2D eigenvalue weighted by Crippen LogP contribution is 2.01. The SMILES string of the molecule is CC.CCCN(C(C)C)[N+]([O-])=NOC(C)C. The summed E-state index contributed by atoms with van der Waals surface area (Å²) in [5, 5.41) is 16.5. The smallest absolute Gasteiger partial charge is 0.233 e. The van der Waals surface area contributed by atoms with Crippen LogP contribution >= 0.6 is 0 Å². The van der Waals surface area contributed by atoms with Gasteiger partial charge in [0.1, 0.15) is 6.10 Å². The quantitative estimate of drug-likeness (QED) is 0.401. The van der Waals surface area contributed by atoms with E-state index in [1.807, 2.05) is 48.5 Å². The second kappa shape index (κ2) is 10.5. The summed E-state index contributed by atoms with van der Waals surface area (Å²) in [6.07, 6.45) is 0.843. The molecule has 0 radical (unpaired) electrons. The normalized spacial score (nSPS) is 11.2. The van der Waals surface area contributed by atoms with Crippen molar-refractivity contribution in [2.45, 2.75) is 67.0 Å². The van der Waals surface area contributed by atoms with Crippen molar-refractivity contribution in [1.29, 1.82) is 0 Å². The molecule has 0 aromatic rings. The molecule has 0 saturated carbocycles. The van der Waals surface area contributed by atoms with Gasteiger partial charge in [0.2, 0.25) is 5.28 Å². The molecule has 0 atom stereocenters. The maximum atomic E-state index is 11.4. The predicted octanol–water partition coefficient (Wildman–Crippen LogP) is 3.35. The Morgan fingerprint density at radius 2 is 1.75 bits per heavy atom. The van der Waals surface area contributed by atoms with Crippen molar-refractivity contribution in [1.82, 2.24) is 5.01 Å². The van der Waals surface area contributed by atoms with Gasteiger partial charge in [0.15, 0.2) is 0 Å². The van der Waals surface area contributed by atoms with Gasteiger partial charge in [0, 0.05) is 0 Å². The van der Waals surface area contributed by atoms with Gasteiger partial charge in [-0.25, -0.2) is 0 Å². The number of rotatable bonds is 6. The Labute approximate surface area is 99.6 Å². The second-order valence-corrected chi connectivity index (χ2v) is 3.75. The van der Waals surface area contributed by atoms with Crippen molar-refractivity contribution in [2.24, 2.45) is 5.28 Å². The first-order valence-corrected chi connectivity index (χ1v) is 6.09. The molecule has 0 N–H and O–H groups in total. The third-order valence-electron chi connectivity index (χ3n) is 1.60. The van der Waals surface area contributed by atoms with Crippen LogP contribution in [0.2, 0.25) is 0 Å². The van der Waals surface area contributed by atoms with Crippen molar-refractivity contribution in [3.8, 4) is 0 Å². The first-order valence-electron chi connectivity index (χ1n) is 6.09. The first kappa shape index (κ1) is 17.4. The van der Waals surface area contributed by atoms with Crippen LogP contribution in [0, 0.1) is 5.21 Å². The Bertz CT molecular complexity index is 182. The van der Waals surface area contributed by atoms with Crippen LogP contribution < -0.4 is 0 Å². The van der Waals surface area contributed by atoms with Gasteiger partial charge in [-0.3, -0.25) is 0 Å². The lowest BCUT2D eigenvalue weighted by Gasteiger charge is -2.20. The molecular weight excluding hydrogens is 206 g/mol. The molecule has 0 unspecified atom stereocenters. The summed E-state index contributed by atoms with van der Waals surface area (Å²) < 4.78 is 0. The van der Waals surface area contributed by atoms with Crippen molar-refractivity contribution < 1.29 is 9.81 Å². The van der Waals surface area contributed by atoms with Crippen molar-refractivity contribution >= 4 is 0 Å². The highest BCUT2D eigenvalue weighted by atomic mass is 16.7. The molecule has 0 rings (SSSR count). The van der Waals surface area contributed by atoms with Gasteiger partial charge in [-0.2, -0.15) is 0 Å². The highest BCUT2D eigenvalue weighted by Gasteiger charge is 2.16. The molecular formula is C11H27N3O2. The maximum Gasteiger partial charge on any atom is 0.233 e. The van der Waals surface area contributed by atoms with Gasteiger partial charge < -0.3 is 10.0 Å². The van der Waals surface area contributed by atoms with Crippen molar-refractivity contribution in [3.05, 3.63) is 5.21 Å². The Morgan fingerprint density at radius 3 is 2.06 bits per heavy atom. The van der Waals surface area contributed by atoms with E-state index in [0.717, 1.165) is 6.42 Å². The number of hydrogen-bond donors (Lipinski definition) is 0. The number of hydrazine groups is 1. The first-order chi connectivity index (χ1) is 7.49. The fraction of sp³-hybridized carbons (Fsp3) is 1.00. The van der Waals surface area contributed by atoms with Gasteiger partial charge in [-0.15, -0.1) is 5.01 Å². The lowest BCUT2D eigenvalue weighted by molar-refractivity contribution is -0.718. The zero-order valence-electron chi connectivity index (χ0n) is 11.7. The van der Waals surface area contributed by atoms with E-state index in [-0.39, 0.29) is 12.1 Å². The molecule has 98 valence electrons. The minimum atomic E-state index is -0.0675. The van der Waals surface area contributed by atoms with Gasteiger partial charge in [0.25, 0.3) is 0 Å². The summed E-state index contributed by atoms with van der Waals surface area (Å²) in [4.78, 5) is 5.41. The summed E-state index contributed by atoms with van der Waals surface area (Å²) in [6.45, 7) is 14.3.